The number of unbranched alkanes of at least 4 members (excludes halogenated alkanes) is 16. The molecule has 22 nitrogen and oxygen atoms in total. The number of amides is 6. The molecule has 3 heterocycles. The fourth-order valence-electron chi connectivity index (χ4n) is 6.43. The summed E-state index contributed by atoms with van der Waals surface area (Å²) in [4.78, 5) is 126. The number of hydrogen-bond acceptors (Lipinski definition) is 19. The summed E-state index contributed by atoms with van der Waals surface area (Å²) in [6, 6.07) is 0. The molecule has 0 spiro atoms. The van der Waals surface area contributed by atoms with Crippen LogP contribution in [0.3, 0.4) is 0 Å². The second kappa shape index (κ2) is 57.8. The molecule has 0 aromatic heterocycles. The number of carbonyl (C=O) groups is 10. The molecule has 3 fully saturated rings. The van der Waals surface area contributed by atoms with Crippen molar-refractivity contribution in [2.24, 2.45) is 0 Å². The molecule has 0 atom stereocenters. The summed E-state index contributed by atoms with van der Waals surface area (Å²) < 4.78 is 25.0. The van der Waals surface area contributed by atoms with Crippen molar-refractivity contribution < 1.29 is 105 Å². The van der Waals surface area contributed by atoms with Crippen molar-refractivity contribution in [2.45, 2.75) is 188 Å². The molecule has 3 aliphatic rings. The maximum absolute atomic E-state index is 11.6. The fourth-order valence-corrected chi connectivity index (χ4v) is 6.43. The second-order valence-corrected chi connectivity index (χ2v) is 32.2. The van der Waals surface area contributed by atoms with E-state index in [-0.39, 0.29) is 132 Å². The Balaban J connectivity index is -0.000000492. The number of nitrogens with zero attached hydrogens (tertiary/aromatic N) is 3. The van der Waals surface area contributed by atoms with E-state index in [0.717, 1.165) is 32.1 Å². The summed E-state index contributed by atoms with van der Waals surface area (Å²) in [6.07, 6.45) is 20.1. The zero-order valence-electron chi connectivity index (χ0n) is 42.5. The zero-order valence-corrected chi connectivity index (χ0v) is 55.6. The smallest absolute Gasteiger partial charge is 0.293 e. The van der Waals surface area contributed by atoms with Crippen LogP contribution in [0.5, 0.6) is 0 Å². The molecule has 3 aliphatic heterocycles. The van der Waals surface area contributed by atoms with Gasteiger partial charge in [-0.15, -0.1) is 24.0 Å². The van der Waals surface area contributed by atoms with Crippen molar-refractivity contribution in [1.82, 2.24) is 15.2 Å². The Labute approximate surface area is 513 Å². The first-order valence-electron chi connectivity index (χ1n) is 24.7. The molecule has 0 aromatic carbocycles. The van der Waals surface area contributed by atoms with Gasteiger partial charge in [0.15, 0.2) is 0 Å². The van der Waals surface area contributed by atoms with E-state index in [9.17, 15) is 47.9 Å². The van der Waals surface area contributed by atoms with Gasteiger partial charge < -0.3 is 28.8 Å². The third kappa shape index (κ3) is 46.6. The van der Waals surface area contributed by atoms with E-state index in [2.05, 4.69) is 103 Å². The summed E-state index contributed by atoms with van der Waals surface area (Å²) >= 11 is 9.54. The standard InChI is InChI=1S/C21H35NO8.C16H32O4.C9H8N2O7.CH4.I3.I2.HI/c1-2-3-4-5-6-7-8-9-10-11-20(25)28-16-14-27-15-17-29-21(26)30-22-18(23)12-13-19(22)24;1-2-3-4-5-6-7-8-9-10-11-16(18)20-15-14-19-13-12-17;12-5-1-2-6(13)10(5)17-9(16)18-11-7(14)3-4-8(11)15;;1-3-2;1-2;/h2-17H2,1H3;17H,2-15H2,1H3;1-4H2;1H4;;;1H/q;;;;-1;;. The molecule has 0 saturated carbocycles. The number of hydrogen-bond donors (Lipinski definition) is 1. The Hall–Kier alpha value is -0.840. The van der Waals surface area contributed by atoms with Crippen molar-refractivity contribution in [2.75, 3.05) is 52.9 Å². The van der Waals surface area contributed by atoms with Gasteiger partial charge in [0.1, 0.15) is 19.8 Å². The monoisotopic (exact) mass is 1750 g/mol. The van der Waals surface area contributed by atoms with Gasteiger partial charge in [-0.2, -0.15) is 4.79 Å². The van der Waals surface area contributed by atoms with Crippen molar-refractivity contribution in [3.8, 4) is 0 Å². The van der Waals surface area contributed by atoms with Gasteiger partial charge in [0.05, 0.1) is 33.0 Å². The van der Waals surface area contributed by atoms with Crippen LogP contribution in [-0.2, 0) is 76.6 Å². The van der Waals surface area contributed by atoms with Gasteiger partial charge in [0.2, 0.25) is 0 Å². The number of ether oxygens (including phenoxy) is 5. The maximum Gasteiger partial charge on any atom is 0.560 e. The number of imide groups is 3. The molecule has 28 heteroatoms. The summed E-state index contributed by atoms with van der Waals surface area (Å²) in [5, 5.41) is 9.42. The molecule has 75 heavy (non-hydrogen) atoms. The Morgan fingerprint density at radius 2 is 0.693 bits per heavy atom. The van der Waals surface area contributed by atoms with Crippen LogP contribution in [0.2, 0.25) is 0 Å². The van der Waals surface area contributed by atoms with Gasteiger partial charge in [0, 0.05) is 88.6 Å². The summed E-state index contributed by atoms with van der Waals surface area (Å²) in [7, 11) is 0. The van der Waals surface area contributed by atoms with Crippen molar-refractivity contribution in [3.05, 3.63) is 0 Å². The molecule has 6 amide bonds. The van der Waals surface area contributed by atoms with E-state index in [0.29, 0.717) is 44.4 Å². The normalized spacial score (nSPS) is 13.4. The first kappa shape index (κ1) is 80.6. The SMILES string of the molecule is C.CCCCCCCCCCCC(=O)OCCOCCO.CCCCCCCCCCCC(=O)OCCOCCOC(=O)ON1C(=O)CCC1=O.I.II.I[I-]I.O=C(ON1C(=O)CCC1=O)ON1C(=O)CCC1=O. The molecular formula is C47H80I6N3O19-. The third-order valence-electron chi connectivity index (χ3n) is 10.1. The van der Waals surface area contributed by atoms with E-state index in [4.69, 9.17) is 28.8 Å². The predicted molar refractivity (Wildman–Crippen MR) is 316 cm³/mol. The third-order valence-corrected chi connectivity index (χ3v) is 10.1. The number of rotatable bonds is 34. The number of aliphatic hydroxyl groups is 1. The van der Waals surface area contributed by atoms with Gasteiger partial charge in [-0.3, -0.25) is 52.9 Å². The van der Waals surface area contributed by atoms with Crippen LogP contribution < -0.4 is 13.3 Å². The molecule has 0 bridgehead atoms. The second-order valence-electron chi connectivity index (χ2n) is 16.0. The first-order valence-corrected chi connectivity index (χ1v) is 43.5. The average molecular weight is 1750 g/mol. The number of halogens is 6. The van der Waals surface area contributed by atoms with E-state index >= 15 is 0 Å². The summed E-state index contributed by atoms with van der Waals surface area (Å²) in [5.74, 6) is -4.25. The van der Waals surface area contributed by atoms with Crippen molar-refractivity contribution in [1.29, 1.82) is 0 Å². The minimum atomic E-state index is -1.48. The van der Waals surface area contributed by atoms with Crippen LogP contribution in [-0.4, -0.2) is 133 Å². The van der Waals surface area contributed by atoms with E-state index in [1.807, 2.05) is 0 Å². The summed E-state index contributed by atoms with van der Waals surface area (Å²) in [5.41, 5.74) is 0. The molecule has 0 aromatic rings. The van der Waals surface area contributed by atoms with Gasteiger partial charge in [-0.05, 0) is 12.8 Å². The first-order chi connectivity index (χ1) is 35.2. The van der Waals surface area contributed by atoms with Gasteiger partial charge in [-0.25, -0.2) is 4.79 Å². The molecule has 3 saturated heterocycles. The molecule has 0 radical (unpaired) electrons. The number of aliphatic hydroxyl groups excluding tert-OH is 1. The van der Waals surface area contributed by atoms with Crippen LogP contribution in [0.15, 0.2) is 0 Å². The van der Waals surface area contributed by atoms with E-state index in [1.54, 1.807) is 0 Å². The van der Waals surface area contributed by atoms with Gasteiger partial charge in [0.25, 0.3) is 35.4 Å². The van der Waals surface area contributed by atoms with Crippen LogP contribution in [0.25, 0.3) is 0 Å². The van der Waals surface area contributed by atoms with Crippen LogP contribution >= 0.6 is 98.4 Å². The summed E-state index contributed by atoms with van der Waals surface area (Å²) in [6.45, 7) is 5.70. The predicted octanol–water partition coefficient (Wildman–Crippen LogP) is 8.21. The molecule has 1 N–H and O–H groups in total. The van der Waals surface area contributed by atoms with E-state index < -0.39 is 47.8 Å². The Morgan fingerprint density at radius 3 is 0.987 bits per heavy atom. The topological polar surface area (TPSA) is 274 Å². The number of esters is 2. The largest absolute Gasteiger partial charge is 0.560 e. The number of carbonyl (C=O) groups excluding carboxylic acids is 10. The molecule has 440 valence electrons. The molecule has 0 aliphatic carbocycles. The Morgan fingerprint density at radius 1 is 0.440 bits per heavy atom. The molecule has 3 rings (SSSR count). The van der Waals surface area contributed by atoms with Crippen molar-refractivity contribution in [3.63, 3.8) is 0 Å². The average Bonchev–Trinajstić information content (AvgIpc) is 3.99. The zero-order chi connectivity index (χ0) is 54.9. The Kier molecular flexibility index (Phi) is 62.2. The van der Waals surface area contributed by atoms with Gasteiger partial charge in [-0.1, -0.05) is 139 Å². The van der Waals surface area contributed by atoms with Crippen LogP contribution in [0.4, 0.5) is 9.59 Å². The van der Waals surface area contributed by atoms with Crippen LogP contribution in [0, 0.1) is 0 Å². The number of hydroxylamine groups is 6. The fraction of sp³-hybridized carbons (Fsp3) is 0.787. The van der Waals surface area contributed by atoms with Crippen molar-refractivity contribution >= 4 is 158 Å². The van der Waals surface area contributed by atoms with Gasteiger partial charge >= 0.3 is 74.7 Å². The quantitative estimate of drug-likeness (QED) is 0.0209. The van der Waals surface area contributed by atoms with E-state index in [1.165, 1.54) is 83.5 Å². The van der Waals surface area contributed by atoms with Crippen LogP contribution in [0.1, 0.15) is 188 Å². The minimum Gasteiger partial charge on any atom is -0.293 e. The molecular weight excluding hydrogens is 1670 g/mol. The molecule has 0 unspecified atom stereocenters. The maximum atomic E-state index is 11.6. The minimum absolute atomic E-state index is 0. The Bertz CT molecular complexity index is 1500.